The standard InChI is InChI=1S/C41H75NO3S2.C3H8O/c1-9-11-12-21-41(45-34(5)6)40(10-2)44-28-30-47-46-29-27-43-39-23-22-38-32-42(26-24-37(38)31-39)25-15-20-36(8)19-14-18-35(7)17-13-16-33(3)4;1-3-4-2/h22-23,31,33-36,40-41H,9-21,24-30,32H2,1-8H3;3H2,1-2H3. The second kappa shape index (κ2) is 31.9. The fraction of sp³-hybridized carbons (Fsp3) is 0.864. The summed E-state index contributed by atoms with van der Waals surface area (Å²) < 4.78 is 23.2. The van der Waals surface area contributed by atoms with Gasteiger partial charge < -0.3 is 18.9 Å². The highest BCUT2D eigenvalue weighted by atomic mass is 33.1. The summed E-state index contributed by atoms with van der Waals surface area (Å²) in [5.41, 5.74) is 2.97. The maximum Gasteiger partial charge on any atom is 0.119 e. The molecule has 0 saturated heterocycles. The average Bonchev–Trinajstić information content (AvgIpc) is 3.10. The molecule has 1 aliphatic heterocycles. The highest BCUT2D eigenvalue weighted by Gasteiger charge is 2.22. The van der Waals surface area contributed by atoms with Crippen molar-refractivity contribution in [2.75, 3.05) is 51.5 Å². The molecule has 7 heteroatoms. The van der Waals surface area contributed by atoms with E-state index in [0.717, 1.165) is 80.6 Å². The van der Waals surface area contributed by atoms with Crippen molar-refractivity contribution in [1.29, 1.82) is 0 Å². The number of rotatable bonds is 30. The first-order valence-corrected chi connectivity index (χ1v) is 23.6. The Morgan fingerprint density at radius 3 is 1.98 bits per heavy atom. The minimum atomic E-state index is 0.195. The third kappa shape index (κ3) is 25.3. The summed E-state index contributed by atoms with van der Waals surface area (Å²) in [7, 11) is 5.46. The summed E-state index contributed by atoms with van der Waals surface area (Å²) in [4.78, 5) is 2.66. The van der Waals surface area contributed by atoms with Crippen molar-refractivity contribution >= 4 is 21.6 Å². The molecule has 0 aliphatic carbocycles. The van der Waals surface area contributed by atoms with Crippen molar-refractivity contribution in [3.63, 3.8) is 0 Å². The molecular formula is C44H83NO4S2. The molecule has 2 rings (SSSR count). The molecule has 1 aromatic rings. The normalized spacial score (nSPS) is 15.7. The van der Waals surface area contributed by atoms with Crippen LogP contribution in [0.4, 0.5) is 0 Å². The predicted molar refractivity (Wildman–Crippen MR) is 228 cm³/mol. The Balaban J connectivity index is 0.00000308. The summed E-state index contributed by atoms with van der Waals surface area (Å²) in [6.07, 6.45) is 18.8. The van der Waals surface area contributed by atoms with Crippen LogP contribution in [0, 0.1) is 17.8 Å². The molecule has 5 nitrogen and oxygen atoms in total. The number of unbranched alkanes of at least 4 members (excludes halogenated alkanes) is 2. The van der Waals surface area contributed by atoms with Crippen LogP contribution in [0.2, 0.25) is 0 Å². The Morgan fingerprint density at radius 2 is 1.37 bits per heavy atom. The van der Waals surface area contributed by atoms with Crippen molar-refractivity contribution in [1.82, 2.24) is 4.90 Å². The van der Waals surface area contributed by atoms with Crippen LogP contribution in [0.1, 0.15) is 157 Å². The molecule has 4 unspecified atom stereocenters. The van der Waals surface area contributed by atoms with Crippen molar-refractivity contribution in [3.05, 3.63) is 29.3 Å². The van der Waals surface area contributed by atoms with Crippen LogP contribution in [0.5, 0.6) is 5.75 Å². The molecule has 51 heavy (non-hydrogen) atoms. The molecule has 0 aromatic heterocycles. The van der Waals surface area contributed by atoms with E-state index in [1.54, 1.807) is 7.11 Å². The molecule has 1 aromatic carbocycles. The molecule has 300 valence electrons. The summed E-state index contributed by atoms with van der Waals surface area (Å²) in [5.74, 6) is 5.62. The van der Waals surface area contributed by atoms with E-state index in [1.165, 1.54) is 94.8 Å². The van der Waals surface area contributed by atoms with Gasteiger partial charge >= 0.3 is 0 Å². The first-order chi connectivity index (χ1) is 24.6. The Kier molecular flexibility index (Phi) is 30.4. The van der Waals surface area contributed by atoms with E-state index in [0.29, 0.717) is 0 Å². The monoisotopic (exact) mass is 754 g/mol. The van der Waals surface area contributed by atoms with Gasteiger partial charge in [-0.15, -0.1) is 0 Å². The molecule has 0 amide bonds. The van der Waals surface area contributed by atoms with Gasteiger partial charge in [-0.3, -0.25) is 4.90 Å². The Labute approximate surface area is 325 Å². The lowest BCUT2D eigenvalue weighted by Crippen LogP contribution is -2.34. The fourth-order valence-corrected chi connectivity index (χ4v) is 8.50. The van der Waals surface area contributed by atoms with Gasteiger partial charge in [0.1, 0.15) is 5.75 Å². The summed E-state index contributed by atoms with van der Waals surface area (Å²) >= 11 is 0. The van der Waals surface area contributed by atoms with E-state index in [2.05, 4.69) is 83.2 Å². The van der Waals surface area contributed by atoms with E-state index in [1.807, 2.05) is 28.5 Å². The lowest BCUT2D eigenvalue weighted by Gasteiger charge is -2.29. The minimum absolute atomic E-state index is 0.195. The van der Waals surface area contributed by atoms with Gasteiger partial charge in [-0.1, -0.05) is 127 Å². The fourth-order valence-electron chi connectivity index (χ4n) is 6.83. The van der Waals surface area contributed by atoms with E-state index in [9.17, 15) is 0 Å². The van der Waals surface area contributed by atoms with Crippen molar-refractivity contribution in [2.45, 2.75) is 177 Å². The van der Waals surface area contributed by atoms with Crippen LogP contribution in [0.25, 0.3) is 0 Å². The lowest BCUT2D eigenvalue weighted by atomic mass is 9.92. The quantitative estimate of drug-likeness (QED) is 0.0572. The molecule has 1 aliphatic rings. The topological polar surface area (TPSA) is 40.2 Å². The highest BCUT2D eigenvalue weighted by Crippen LogP contribution is 2.27. The zero-order chi connectivity index (χ0) is 37.7. The van der Waals surface area contributed by atoms with Crippen molar-refractivity contribution in [2.24, 2.45) is 17.8 Å². The van der Waals surface area contributed by atoms with Gasteiger partial charge in [-0.2, -0.15) is 0 Å². The van der Waals surface area contributed by atoms with Crippen LogP contribution in [0.15, 0.2) is 18.2 Å². The molecule has 0 radical (unpaired) electrons. The van der Waals surface area contributed by atoms with E-state index in [4.69, 9.17) is 14.2 Å². The van der Waals surface area contributed by atoms with Gasteiger partial charge in [0.15, 0.2) is 0 Å². The zero-order valence-corrected chi connectivity index (χ0v) is 36.8. The van der Waals surface area contributed by atoms with Crippen LogP contribution in [-0.4, -0.2) is 74.7 Å². The number of ether oxygens (including phenoxy) is 4. The first kappa shape index (κ1) is 48.6. The Morgan fingerprint density at radius 1 is 0.725 bits per heavy atom. The SMILES string of the molecule is CCCCCC(OC(C)C)C(CC)OCCSSCCOc1ccc2c(c1)CCN(CCCC(C)CCCC(C)CCCC(C)C)C2.CCOC. The van der Waals surface area contributed by atoms with Gasteiger partial charge in [0, 0.05) is 38.3 Å². The van der Waals surface area contributed by atoms with E-state index >= 15 is 0 Å². The maximum atomic E-state index is 6.30. The molecule has 0 spiro atoms. The number of fused-ring (bicyclic) bond motifs is 1. The summed E-state index contributed by atoms with van der Waals surface area (Å²) in [5, 5.41) is 0. The van der Waals surface area contributed by atoms with Crippen LogP contribution in [0.3, 0.4) is 0 Å². The molecule has 0 saturated carbocycles. The van der Waals surface area contributed by atoms with Gasteiger partial charge in [0.25, 0.3) is 0 Å². The second-order valence-corrected chi connectivity index (χ2v) is 18.4. The molecular weight excluding hydrogens is 671 g/mol. The summed E-state index contributed by atoms with van der Waals surface area (Å²) in [6, 6.07) is 6.79. The lowest BCUT2D eigenvalue weighted by molar-refractivity contribution is -0.0949. The van der Waals surface area contributed by atoms with Gasteiger partial charge in [-0.05, 0) is 100 Å². The first-order valence-electron chi connectivity index (χ1n) is 21.1. The second-order valence-electron chi connectivity index (χ2n) is 15.7. The van der Waals surface area contributed by atoms with E-state index < -0.39 is 0 Å². The Hall–Kier alpha value is -0.440. The number of hydrogen-bond donors (Lipinski definition) is 0. The predicted octanol–water partition coefficient (Wildman–Crippen LogP) is 12.7. The molecule has 0 N–H and O–H groups in total. The number of hydrogen-bond acceptors (Lipinski definition) is 7. The molecule has 4 atom stereocenters. The highest BCUT2D eigenvalue weighted by molar-refractivity contribution is 8.76. The zero-order valence-electron chi connectivity index (χ0n) is 35.1. The van der Waals surface area contributed by atoms with Crippen LogP contribution < -0.4 is 4.74 Å². The molecule has 1 heterocycles. The minimum Gasteiger partial charge on any atom is -0.493 e. The Bertz CT molecular complexity index is 930. The van der Waals surface area contributed by atoms with Gasteiger partial charge in [0.2, 0.25) is 0 Å². The third-order valence-corrected chi connectivity index (χ3v) is 12.3. The van der Waals surface area contributed by atoms with Gasteiger partial charge in [-0.25, -0.2) is 0 Å². The molecule has 0 fully saturated rings. The maximum absolute atomic E-state index is 6.30. The number of methoxy groups -OCH3 is 1. The number of nitrogens with zero attached hydrogens (tertiary/aromatic N) is 1. The van der Waals surface area contributed by atoms with Crippen LogP contribution >= 0.6 is 21.6 Å². The average molecular weight is 754 g/mol. The van der Waals surface area contributed by atoms with Crippen LogP contribution in [-0.2, 0) is 27.2 Å². The number of benzene rings is 1. The third-order valence-electron chi connectivity index (χ3n) is 9.97. The smallest absolute Gasteiger partial charge is 0.119 e. The largest absolute Gasteiger partial charge is 0.493 e. The van der Waals surface area contributed by atoms with Crippen molar-refractivity contribution in [3.8, 4) is 5.75 Å². The van der Waals surface area contributed by atoms with Gasteiger partial charge in [0.05, 0.1) is 31.5 Å². The summed E-state index contributed by atoms with van der Waals surface area (Å²) in [6.45, 7) is 26.2. The van der Waals surface area contributed by atoms with E-state index in [-0.39, 0.29) is 18.3 Å². The van der Waals surface area contributed by atoms with Crippen molar-refractivity contribution < 1.29 is 18.9 Å². The molecule has 0 bridgehead atoms.